The van der Waals surface area contributed by atoms with Crippen LogP contribution in [0.1, 0.15) is 6.42 Å². The molecular weight excluding hydrogens is 309 g/mol. The molecule has 1 aliphatic rings. The summed E-state index contributed by atoms with van der Waals surface area (Å²) in [7, 11) is 1.67. The number of anilines is 2. The molecule has 2 aromatic carbocycles. The van der Waals surface area contributed by atoms with E-state index in [-0.39, 0.29) is 24.4 Å². The second-order valence-electron chi connectivity index (χ2n) is 5.73. The molecule has 124 valence electrons. The van der Waals surface area contributed by atoms with Gasteiger partial charge in [-0.1, -0.05) is 24.3 Å². The lowest BCUT2D eigenvalue weighted by Gasteiger charge is -2.21. The van der Waals surface area contributed by atoms with Gasteiger partial charge in [0.15, 0.2) is 0 Å². The molecule has 6 heteroatoms. The highest BCUT2D eigenvalue weighted by Gasteiger charge is 2.32. The van der Waals surface area contributed by atoms with Crippen LogP contribution in [0, 0.1) is 5.82 Å². The molecule has 2 aromatic rings. The second kappa shape index (κ2) is 6.70. The predicted octanol–water partition coefficient (Wildman–Crippen LogP) is 2.78. The maximum Gasteiger partial charge on any atom is 0.321 e. The van der Waals surface area contributed by atoms with E-state index in [0.717, 1.165) is 5.69 Å². The highest BCUT2D eigenvalue weighted by Crippen LogP contribution is 2.22. The average molecular weight is 327 g/mol. The predicted molar refractivity (Wildman–Crippen MR) is 90.5 cm³/mol. The third-order valence-electron chi connectivity index (χ3n) is 4.02. The van der Waals surface area contributed by atoms with Crippen LogP contribution in [0.25, 0.3) is 0 Å². The molecule has 0 spiro atoms. The van der Waals surface area contributed by atoms with Crippen molar-refractivity contribution in [3.05, 3.63) is 60.4 Å². The molecule has 1 atom stereocenters. The zero-order chi connectivity index (χ0) is 17.1. The van der Waals surface area contributed by atoms with Crippen LogP contribution in [-0.4, -0.2) is 31.6 Å². The quantitative estimate of drug-likeness (QED) is 0.942. The van der Waals surface area contributed by atoms with E-state index in [4.69, 9.17) is 0 Å². The minimum Gasteiger partial charge on any atom is -0.333 e. The first kappa shape index (κ1) is 16.0. The van der Waals surface area contributed by atoms with E-state index in [1.165, 1.54) is 21.9 Å². The first-order chi connectivity index (χ1) is 11.5. The van der Waals surface area contributed by atoms with Crippen LogP contribution in [0.5, 0.6) is 0 Å². The number of amides is 3. The first-order valence-electron chi connectivity index (χ1n) is 7.70. The van der Waals surface area contributed by atoms with Gasteiger partial charge in [-0.15, -0.1) is 0 Å². The third-order valence-corrected chi connectivity index (χ3v) is 4.02. The molecule has 1 saturated heterocycles. The van der Waals surface area contributed by atoms with Crippen LogP contribution in [0.3, 0.4) is 0 Å². The first-order valence-corrected chi connectivity index (χ1v) is 7.70. The van der Waals surface area contributed by atoms with Gasteiger partial charge in [-0.05, 0) is 30.3 Å². The fourth-order valence-corrected chi connectivity index (χ4v) is 2.74. The van der Waals surface area contributed by atoms with Crippen LogP contribution in [-0.2, 0) is 4.79 Å². The van der Waals surface area contributed by atoms with Gasteiger partial charge in [0.25, 0.3) is 0 Å². The monoisotopic (exact) mass is 327 g/mol. The molecule has 1 N–H and O–H groups in total. The Bertz CT molecular complexity index is 751. The van der Waals surface area contributed by atoms with Crippen molar-refractivity contribution in [1.82, 2.24) is 5.32 Å². The van der Waals surface area contributed by atoms with Crippen LogP contribution in [0.2, 0.25) is 0 Å². The molecule has 0 bridgehead atoms. The highest BCUT2D eigenvalue weighted by atomic mass is 19.1. The third kappa shape index (κ3) is 3.37. The fourth-order valence-electron chi connectivity index (χ4n) is 2.74. The number of hydrogen-bond donors (Lipinski definition) is 1. The zero-order valence-electron chi connectivity index (χ0n) is 13.3. The van der Waals surface area contributed by atoms with Gasteiger partial charge < -0.3 is 10.2 Å². The Morgan fingerprint density at radius 3 is 2.67 bits per heavy atom. The Balaban J connectivity index is 1.65. The summed E-state index contributed by atoms with van der Waals surface area (Å²) in [5, 5.41) is 2.85. The number of carbonyl (C=O) groups is 2. The lowest BCUT2D eigenvalue weighted by Crippen LogP contribution is -2.44. The van der Waals surface area contributed by atoms with Crippen molar-refractivity contribution in [2.45, 2.75) is 12.5 Å². The maximum absolute atomic E-state index is 13.3. The summed E-state index contributed by atoms with van der Waals surface area (Å²) in [5.41, 5.74) is 1.27. The molecule has 3 rings (SSSR count). The minimum absolute atomic E-state index is 0.131. The standard InChI is InChI=1S/C18H18FN3O2/c1-21(15-7-3-2-4-8-15)18(24)20-14-11-17(23)22(12-14)16-9-5-6-13(19)10-16/h2-10,14H,11-12H2,1H3,(H,20,24)/t14-/m0/s1. The number of nitrogens with zero attached hydrogens (tertiary/aromatic N) is 2. The molecule has 0 unspecified atom stereocenters. The summed E-state index contributed by atoms with van der Waals surface area (Å²) in [6.45, 7) is 0.330. The summed E-state index contributed by atoms with van der Waals surface area (Å²) in [5.74, 6) is -0.523. The van der Waals surface area contributed by atoms with Gasteiger partial charge in [-0.25, -0.2) is 9.18 Å². The Hall–Kier alpha value is -2.89. The number of para-hydroxylation sites is 1. The van der Waals surface area contributed by atoms with Crippen molar-refractivity contribution in [3.63, 3.8) is 0 Å². The molecule has 0 radical (unpaired) electrons. The van der Waals surface area contributed by atoms with E-state index in [1.54, 1.807) is 19.2 Å². The number of carbonyl (C=O) groups excluding carboxylic acids is 2. The van der Waals surface area contributed by atoms with Crippen LogP contribution in [0.15, 0.2) is 54.6 Å². The average Bonchev–Trinajstić information content (AvgIpc) is 2.95. The minimum atomic E-state index is -0.392. The Kier molecular flexibility index (Phi) is 4.46. The van der Waals surface area contributed by atoms with Crippen LogP contribution >= 0.6 is 0 Å². The highest BCUT2D eigenvalue weighted by molar-refractivity contribution is 5.98. The van der Waals surface area contributed by atoms with Gasteiger partial charge in [0.1, 0.15) is 5.82 Å². The number of nitrogens with one attached hydrogen (secondary N) is 1. The van der Waals surface area contributed by atoms with Gasteiger partial charge >= 0.3 is 6.03 Å². The number of benzene rings is 2. The van der Waals surface area contributed by atoms with E-state index >= 15 is 0 Å². The number of hydrogen-bond acceptors (Lipinski definition) is 2. The molecule has 0 aliphatic carbocycles. The van der Waals surface area contributed by atoms with E-state index in [9.17, 15) is 14.0 Å². The van der Waals surface area contributed by atoms with Gasteiger partial charge in [0, 0.05) is 31.4 Å². The number of halogens is 1. The van der Waals surface area contributed by atoms with Gasteiger partial charge in [0.05, 0.1) is 6.04 Å². The molecule has 0 saturated carbocycles. The molecule has 1 heterocycles. The molecule has 3 amide bonds. The fraction of sp³-hybridized carbons (Fsp3) is 0.222. The SMILES string of the molecule is CN(C(=O)N[C@H]1CC(=O)N(c2cccc(F)c2)C1)c1ccccc1. The zero-order valence-corrected chi connectivity index (χ0v) is 13.3. The Morgan fingerprint density at radius 2 is 1.96 bits per heavy atom. The topological polar surface area (TPSA) is 52.7 Å². The molecule has 1 aliphatic heterocycles. The summed E-state index contributed by atoms with van der Waals surface area (Å²) >= 11 is 0. The molecule has 24 heavy (non-hydrogen) atoms. The molecular formula is C18H18FN3O2. The largest absolute Gasteiger partial charge is 0.333 e. The smallest absolute Gasteiger partial charge is 0.321 e. The van der Waals surface area contributed by atoms with E-state index in [2.05, 4.69) is 5.32 Å². The van der Waals surface area contributed by atoms with Gasteiger partial charge in [-0.2, -0.15) is 0 Å². The summed E-state index contributed by atoms with van der Waals surface area (Å²) < 4.78 is 13.3. The number of rotatable bonds is 3. The Morgan fingerprint density at radius 1 is 1.21 bits per heavy atom. The molecule has 1 fully saturated rings. The van der Waals surface area contributed by atoms with Crippen molar-refractivity contribution >= 4 is 23.3 Å². The number of urea groups is 1. The molecule has 5 nitrogen and oxygen atoms in total. The normalized spacial score (nSPS) is 17.0. The lowest BCUT2D eigenvalue weighted by atomic mass is 10.2. The van der Waals surface area contributed by atoms with Gasteiger partial charge in [-0.3, -0.25) is 9.69 Å². The van der Waals surface area contributed by atoms with E-state index in [0.29, 0.717) is 12.2 Å². The summed E-state index contributed by atoms with van der Waals surface area (Å²) in [6, 6.07) is 14.6. The molecule has 0 aromatic heterocycles. The lowest BCUT2D eigenvalue weighted by molar-refractivity contribution is -0.117. The van der Waals surface area contributed by atoms with Crippen LogP contribution in [0.4, 0.5) is 20.6 Å². The van der Waals surface area contributed by atoms with Crippen molar-refractivity contribution in [2.24, 2.45) is 0 Å². The summed E-state index contributed by atoms with van der Waals surface area (Å²) in [4.78, 5) is 27.5. The van der Waals surface area contributed by atoms with Crippen LogP contribution < -0.4 is 15.1 Å². The van der Waals surface area contributed by atoms with Crippen molar-refractivity contribution in [2.75, 3.05) is 23.4 Å². The van der Waals surface area contributed by atoms with Crippen molar-refractivity contribution in [3.8, 4) is 0 Å². The van der Waals surface area contributed by atoms with Crippen molar-refractivity contribution in [1.29, 1.82) is 0 Å². The Labute approximate surface area is 139 Å². The van der Waals surface area contributed by atoms with Gasteiger partial charge in [0.2, 0.25) is 5.91 Å². The summed E-state index contributed by atoms with van der Waals surface area (Å²) in [6.07, 6.45) is 0.199. The second-order valence-corrected chi connectivity index (χ2v) is 5.73. The van der Waals surface area contributed by atoms with E-state index in [1.807, 2.05) is 30.3 Å². The maximum atomic E-state index is 13.3. The van der Waals surface area contributed by atoms with E-state index < -0.39 is 5.82 Å². The van der Waals surface area contributed by atoms with Crippen molar-refractivity contribution < 1.29 is 14.0 Å².